The molecule has 0 radical (unpaired) electrons. The largest absolute Gasteiger partial charge is 0.378 e. The van der Waals surface area contributed by atoms with Crippen LogP contribution in [0.2, 0.25) is 0 Å². The molecule has 0 amide bonds. The van der Waals surface area contributed by atoms with Crippen molar-refractivity contribution in [2.24, 2.45) is 7.05 Å². The standard InChI is InChI=1S/C13H19N5O/c1-18-13-11(8-17-18)12(15-9-16-13)14-6-5-10-4-2-3-7-19-10/h8-10H,2-7H2,1H3,(H,14,15,16). The molecule has 19 heavy (non-hydrogen) atoms. The fourth-order valence-corrected chi connectivity index (χ4v) is 2.49. The van der Waals surface area contributed by atoms with E-state index in [0.29, 0.717) is 6.10 Å². The first-order valence-corrected chi connectivity index (χ1v) is 6.83. The van der Waals surface area contributed by atoms with Gasteiger partial charge in [-0.3, -0.25) is 4.68 Å². The summed E-state index contributed by atoms with van der Waals surface area (Å²) in [5.74, 6) is 0.855. The van der Waals surface area contributed by atoms with Crippen molar-refractivity contribution in [3.05, 3.63) is 12.5 Å². The molecule has 0 saturated carbocycles. The Labute approximate surface area is 112 Å². The maximum absolute atomic E-state index is 5.72. The molecule has 1 aliphatic rings. The van der Waals surface area contributed by atoms with Gasteiger partial charge in [-0.25, -0.2) is 9.97 Å². The van der Waals surface area contributed by atoms with E-state index in [9.17, 15) is 0 Å². The van der Waals surface area contributed by atoms with Crippen LogP contribution in [-0.2, 0) is 11.8 Å². The van der Waals surface area contributed by atoms with Gasteiger partial charge >= 0.3 is 0 Å². The van der Waals surface area contributed by atoms with Gasteiger partial charge in [0.1, 0.15) is 12.1 Å². The van der Waals surface area contributed by atoms with Gasteiger partial charge in [0.15, 0.2) is 5.65 Å². The minimum absolute atomic E-state index is 0.396. The van der Waals surface area contributed by atoms with E-state index < -0.39 is 0 Å². The molecule has 0 aliphatic carbocycles. The number of hydrogen-bond acceptors (Lipinski definition) is 5. The van der Waals surface area contributed by atoms with E-state index in [1.54, 1.807) is 17.2 Å². The molecule has 3 heterocycles. The van der Waals surface area contributed by atoms with Gasteiger partial charge in [0.05, 0.1) is 17.7 Å². The number of ether oxygens (including phenoxy) is 1. The van der Waals surface area contributed by atoms with Crippen molar-refractivity contribution < 1.29 is 4.74 Å². The van der Waals surface area contributed by atoms with Crippen molar-refractivity contribution in [1.82, 2.24) is 19.7 Å². The maximum Gasteiger partial charge on any atom is 0.163 e. The lowest BCUT2D eigenvalue weighted by Gasteiger charge is -2.22. The Morgan fingerprint density at radius 2 is 2.37 bits per heavy atom. The van der Waals surface area contributed by atoms with Crippen molar-refractivity contribution in [3.8, 4) is 0 Å². The lowest BCUT2D eigenvalue weighted by molar-refractivity contribution is 0.0134. The van der Waals surface area contributed by atoms with E-state index in [-0.39, 0.29) is 0 Å². The lowest BCUT2D eigenvalue weighted by atomic mass is 10.1. The summed E-state index contributed by atoms with van der Waals surface area (Å²) in [5.41, 5.74) is 0.853. The van der Waals surface area contributed by atoms with Crippen LogP contribution in [0.15, 0.2) is 12.5 Å². The second-order valence-corrected chi connectivity index (χ2v) is 4.93. The van der Waals surface area contributed by atoms with E-state index in [1.807, 2.05) is 7.05 Å². The highest BCUT2D eigenvalue weighted by Crippen LogP contribution is 2.19. The van der Waals surface area contributed by atoms with E-state index in [0.717, 1.165) is 36.4 Å². The fourth-order valence-electron chi connectivity index (χ4n) is 2.49. The van der Waals surface area contributed by atoms with Crippen LogP contribution in [0.3, 0.4) is 0 Å². The molecular formula is C13H19N5O. The molecule has 6 nitrogen and oxygen atoms in total. The average Bonchev–Trinajstić information content (AvgIpc) is 2.83. The highest BCUT2D eigenvalue weighted by molar-refractivity contribution is 5.85. The van der Waals surface area contributed by atoms with Crippen molar-refractivity contribution in [1.29, 1.82) is 0 Å². The van der Waals surface area contributed by atoms with E-state index in [2.05, 4.69) is 20.4 Å². The molecule has 2 aromatic rings. The zero-order valence-electron chi connectivity index (χ0n) is 11.2. The molecule has 1 aliphatic heterocycles. The lowest BCUT2D eigenvalue weighted by Crippen LogP contribution is -2.22. The summed E-state index contributed by atoms with van der Waals surface area (Å²) in [4.78, 5) is 8.51. The zero-order chi connectivity index (χ0) is 13.1. The molecule has 3 rings (SSSR count). The number of aryl methyl sites for hydroxylation is 1. The summed E-state index contributed by atoms with van der Waals surface area (Å²) < 4.78 is 7.47. The summed E-state index contributed by atoms with van der Waals surface area (Å²) in [6.07, 6.45) is 8.45. The zero-order valence-corrected chi connectivity index (χ0v) is 11.2. The quantitative estimate of drug-likeness (QED) is 0.908. The molecule has 1 fully saturated rings. The molecule has 2 aromatic heterocycles. The third kappa shape index (κ3) is 2.68. The second kappa shape index (κ2) is 5.52. The molecule has 0 bridgehead atoms. The van der Waals surface area contributed by atoms with Crippen LogP contribution < -0.4 is 5.32 Å². The van der Waals surface area contributed by atoms with Gasteiger partial charge < -0.3 is 10.1 Å². The van der Waals surface area contributed by atoms with Gasteiger partial charge in [0.25, 0.3) is 0 Å². The number of aromatic nitrogens is 4. The van der Waals surface area contributed by atoms with Gasteiger partial charge in [0, 0.05) is 20.2 Å². The normalized spacial score (nSPS) is 19.7. The van der Waals surface area contributed by atoms with Crippen LogP contribution in [0, 0.1) is 0 Å². The molecule has 1 saturated heterocycles. The van der Waals surface area contributed by atoms with Crippen LogP contribution in [-0.4, -0.2) is 39.0 Å². The molecule has 0 spiro atoms. The molecule has 0 aromatic carbocycles. The van der Waals surface area contributed by atoms with Gasteiger partial charge in [-0.2, -0.15) is 5.10 Å². The van der Waals surface area contributed by atoms with Crippen molar-refractivity contribution in [3.63, 3.8) is 0 Å². The summed E-state index contributed by atoms with van der Waals surface area (Å²) in [7, 11) is 1.88. The van der Waals surface area contributed by atoms with Gasteiger partial charge in [0.2, 0.25) is 0 Å². The smallest absolute Gasteiger partial charge is 0.163 e. The van der Waals surface area contributed by atoms with Gasteiger partial charge in [-0.1, -0.05) is 0 Å². The second-order valence-electron chi connectivity index (χ2n) is 4.93. The Hall–Kier alpha value is -1.69. The van der Waals surface area contributed by atoms with Crippen LogP contribution in [0.5, 0.6) is 0 Å². The molecule has 1 N–H and O–H groups in total. The van der Waals surface area contributed by atoms with Crippen molar-refractivity contribution in [2.75, 3.05) is 18.5 Å². The topological polar surface area (TPSA) is 64.9 Å². The van der Waals surface area contributed by atoms with Crippen LogP contribution in [0.25, 0.3) is 11.0 Å². The maximum atomic E-state index is 5.72. The van der Waals surface area contributed by atoms with Crippen molar-refractivity contribution >= 4 is 16.9 Å². The Morgan fingerprint density at radius 3 is 3.21 bits per heavy atom. The van der Waals surface area contributed by atoms with E-state index in [4.69, 9.17) is 4.74 Å². The number of nitrogens with zero attached hydrogens (tertiary/aromatic N) is 4. The van der Waals surface area contributed by atoms with Crippen LogP contribution >= 0.6 is 0 Å². The van der Waals surface area contributed by atoms with E-state index in [1.165, 1.54) is 19.3 Å². The molecule has 1 atom stereocenters. The Kier molecular flexibility index (Phi) is 3.59. The first kappa shape index (κ1) is 12.3. The predicted octanol–water partition coefficient (Wildman–Crippen LogP) is 1.73. The third-order valence-corrected chi connectivity index (χ3v) is 3.56. The molecule has 102 valence electrons. The number of anilines is 1. The first-order valence-electron chi connectivity index (χ1n) is 6.83. The summed E-state index contributed by atoms with van der Waals surface area (Å²) in [6, 6.07) is 0. The predicted molar refractivity (Wildman–Crippen MR) is 73.0 cm³/mol. The molecule has 6 heteroatoms. The minimum Gasteiger partial charge on any atom is -0.378 e. The van der Waals surface area contributed by atoms with Gasteiger partial charge in [-0.15, -0.1) is 0 Å². The number of nitrogens with one attached hydrogen (secondary N) is 1. The van der Waals surface area contributed by atoms with Crippen LogP contribution in [0.1, 0.15) is 25.7 Å². The Bertz CT molecular complexity index is 547. The highest BCUT2D eigenvalue weighted by atomic mass is 16.5. The molecule has 1 unspecified atom stereocenters. The third-order valence-electron chi connectivity index (χ3n) is 3.56. The Morgan fingerprint density at radius 1 is 1.42 bits per heavy atom. The minimum atomic E-state index is 0.396. The molecular weight excluding hydrogens is 242 g/mol. The Balaban J connectivity index is 1.62. The van der Waals surface area contributed by atoms with E-state index >= 15 is 0 Å². The first-order chi connectivity index (χ1) is 9.34. The summed E-state index contributed by atoms with van der Waals surface area (Å²) >= 11 is 0. The summed E-state index contributed by atoms with van der Waals surface area (Å²) in [5, 5.41) is 8.53. The monoisotopic (exact) mass is 261 g/mol. The number of fused-ring (bicyclic) bond motifs is 1. The number of rotatable bonds is 4. The SMILES string of the molecule is Cn1ncc2c(NCCC3CCCCO3)ncnc21. The van der Waals surface area contributed by atoms with Gasteiger partial charge in [-0.05, 0) is 25.7 Å². The van der Waals surface area contributed by atoms with Crippen LogP contribution in [0.4, 0.5) is 5.82 Å². The highest BCUT2D eigenvalue weighted by Gasteiger charge is 2.13. The number of hydrogen-bond donors (Lipinski definition) is 1. The fraction of sp³-hybridized carbons (Fsp3) is 0.615. The van der Waals surface area contributed by atoms with Crippen molar-refractivity contribution in [2.45, 2.75) is 31.8 Å². The average molecular weight is 261 g/mol. The summed E-state index contributed by atoms with van der Waals surface area (Å²) in [6.45, 7) is 1.77.